The molecule has 0 bridgehead atoms. The first-order valence-corrected chi connectivity index (χ1v) is 7.52. The molecule has 1 unspecified atom stereocenters. The zero-order valence-corrected chi connectivity index (χ0v) is 12.7. The van der Waals surface area contributed by atoms with Crippen LogP contribution >= 0.6 is 0 Å². The molecule has 2 N–H and O–H groups in total. The molecule has 4 rings (SSSR count). The third kappa shape index (κ3) is 1.95. The quantitative estimate of drug-likeness (QED) is 0.776. The van der Waals surface area contributed by atoms with Crippen molar-refractivity contribution in [2.45, 2.75) is 12.6 Å². The lowest BCUT2D eigenvalue weighted by atomic mass is 10.1. The van der Waals surface area contributed by atoms with E-state index in [-0.39, 0.29) is 17.9 Å². The van der Waals surface area contributed by atoms with Gasteiger partial charge in [0.05, 0.1) is 17.7 Å². The van der Waals surface area contributed by atoms with E-state index in [4.69, 9.17) is 4.74 Å². The molecule has 4 heteroatoms. The molecule has 3 aromatic rings. The highest BCUT2D eigenvalue weighted by Gasteiger charge is 2.37. The minimum absolute atomic E-state index is 0.0596. The Morgan fingerprint density at radius 1 is 0.957 bits per heavy atom. The summed E-state index contributed by atoms with van der Waals surface area (Å²) < 4.78 is 7.11. The van der Waals surface area contributed by atoms with Crippen LogP contribution in [0.15, 0.2) is 54.6 Å². The number of aromatic nitrogens is 1. The van der Waals surface area contributed by atoms with Gasteiger partial charge in [-0.25, -0.2) is 0 Å². The molecule has 1 aliphatic rings. The van der Waals surface area contributed by atoms with Crippen LogP contribution in [0.1, 0.15) is 22.8 Å². The monoisotopic (exact) mass is 307 g/mol. The van der Waals surface area contributed by atoms with Crippen molar-refractivity contribution in [2.24, 2.45) is 0 Å². The Balaban J connectivity index is 1.88. The fraction of sp³-hybridized carbons (Fsp3) is 0.158. The molecular weight excluding hydrogens is 290 g/mol. The molecule has 1 aliphatic carbocycles. The Morgan fingerprint density at radius 2 is 1.65 bits per heavy atom. The van der Waals surface area contributed by atoms with Gasteiger partial charge in [-0.15, -0.1) is 0 Å². The molecule has 1 aromatic heterocycles. The van der Waals surface area contributed by atoms with Crippen LogP contribution in [0, 0.1) is 0 Å². The Labute approximate surface area is 134 Å². The number of fused-ring (bicyclic) bond motifs is 3. The minimum Gasteiger partial charge on any atom is -0.494 e. The lowest BCUT2D eigenvalue weighted by Crippen LogP contribution is -2.02. The summed E-state index contributed by atoms with van der Waals surface area (Å²) in [6.45, 7) is 0.407. The number of benzene rings is 2. The molecule has 0 aliphatic heterocycles. The summed E-state index contributed by atoms with van der Waals surface area (Å²) in [5.41, 5.74) is 4.20. The molecule has 0 saturated heterocycles. The van der Waals surface area contributed by atoms with E-state index in [0.29, 0.717) is 17.7 Å². The van der Waals surface area contributed by atoms with Gasteiger partial charge < -0.3 is 14.9 Å². The highest BCUT2D eigenvalue weighted by atomic mass is 16.5. The summed E-state index contributed by atoms with van der Waals surface area (Å²) >= 11 is 0. The predicted octanol–water partition coefficient (Wildman–Crippen LogP) is 3.66. The first kappa shape index (κ1) is 13.9. The first-order valence-electron chi connectivity index (χ1n) is 7.52. The summed E-state index contributed by atoms with van der Waals surface area (Å²) in [6, 6.07) is 17.5. The van der Waals surface area contributed by atoms with Crippen molar-refractivity contribution in [3.63, 3.8) is 0 Å². The van der Waals surface area contributed by atoms with Gasteiger partial charge in [0.2, 0.25) is 11.8 Å². The molecule has 0 spiro atoms. The van der Waals surface area contributed by atoms with Crippen LogP contribution in [-0.2, 0) is 11.3 Å². The zero-order chi connectivity index (χ0) is 16.0. The van der Waals surface area contributed by atoms with E-state index in [1.54, 1.807) is 7.11 Å². The number of nitrogens with zero attached hydrogens (tertiary/aromatic N) is 1. The summed E-state index contributed by atoms with van der Waals surface area (Å²) in [5.74, 6) is 0.137. The van der Waals surface area contributed by atoms with Gasteiger partial charge in [0.25, 0.3) is 0 Å². The van der Waals surface area contributed by atoms with Crippen molar-refractivity contribution in [1.82, 2.24) is 4.57 Å². The van der Waals surface area contributed by atoms with E-state index in [9.17, 15) is 10.2 Å². The van der Waals surface area contributed by atoms with Gasteiger partial charge in [0.1, 0.15) is 6.10 Å². The van der Waals surface area contributed by atoms with E-state index in [0.717, 1.165) is 16.7 Å². The van der Waals surface area contributed by atoms with Gasteiger partial charge in [-0.3, -0.25) is 4.57 Å². The Hall–Kier alpha value is -2.72. The maximum absolute atomic E-state index is 10.7. The number of methoxy groups -OCH3 is 1. The standard InChI is InChI=1S/C19H17NO3/c1-23-17-14-10-6-5-9-13(14)15-16(17)19(22)20(18(15)21)11-12-7-3-2-4-8-12/h2-10,17,21-22H,11H2,1H3. The van der Waals surface area contributed by atoms with E-state index in [1.807, 2.05) is 54.6 Å². The molecular formula is C19H17NO3. The Morgan fingerprint density at radius 3 is 2.39 bits per heavy atom. The summed E-state index contributed by atoms with van der Waals surface area (Å²) in [7, 11) is 1.61. The third-order valence-electron chi connectivity index (χ3n) is 4.44. The Kier molecular flexibility index (Phi) is 3.13. The molecule has 23 heavy (non-hydrogen) atoms. The van der Waals surface area contributed by atoms with Crippen LogP contribution in [0.25, 0.3) is 11.1 Å². The normalized spacial score (nSPS) is 15.4. The highest BCUT2D eigenvalue weighted by molar-refractivity contribution is 5.84. The molecule has 0 amide bonds. The molecule has 2 aromatic carbocycles. The lowest BCUT2D eigenvalue weighted by Gasteiger charge is -2.13. The summed E-state index contributed by atoms with van der Waals surface area (Å²) in [5, 5.41) is 21.4. The van der Waals surface area contributed by atoms with Crippen LogP contribution in [0.3, 0.4) is 0 Å². The second-order valence-corrected chi connectivity index (χ2v) is 5.71. The number of rotatable bonds is 3. The number of hydrogen-bond donors (Lipinski definition) is 2. The molecule has 0 fully saturated rings. The number of hydrogen-bond acceptors (Lipinski definition) is 3. The average Bonchev–Trinajstić information content (AvgIpc) is 3.04. The van der Waals surface area contributed by atoms with E-state index in [1.165, 1.54) is 4.57 Å². The summed E-state index contributed by atoms with van der Waals surface area (Å²) in [4.78, 5) is 0. The van der Waals surface area contributed by atoms with Gasteiger partial charge in [-0.1, -0.05) is 54.6 Å². The number of ether oxygens (including phenoxy) is 1. The van der Waals surface area contributed by atoms with Gasteiger partial charge in [0, 0.05) is 7.11 Å². The highest BCUT2D eigenvalue weighted by Crippen LogP contribution is 2.54. The second-order valence-electron chi connectivity index (χ2n) is 5.71. The largest absolute Gasteiger partial charge is 0.494 e. The molecule has 0 radical (unpaired) electrons. The molecule has 116 valence electrons. The smallest absolute Gasteiger partial charge is 0.202 e. The van der Waals surface area contributed by atoms with Crippen molar-refractivity contribution in [3.05, 3.63) is 71.3 Å². The van der Waals surface area contributed by atoms with Gasteiger partial charge >= 0.3 is 0 Å². The third-order valence-corrected chi connectivity index (χ3v) is 4.44. The van der Waals surface area contributed by atoms with Crippen LogP contribution in [-0.4, -0.2) is 21.9 Å². The second kappa shape index (κ2) is 5.18. The van der Waals surface area contributed by atoms with Crippen molar-refractivity contribution in [3.8, 4) is 22.9 Å². The molecule has 1 heterocycles. The summed E-state index contributed by atoms with van der Waals surface area (Å²) in [6.07, 6.45) is -0.357. The molecule has 4 nitrogen and oxygen atoms in total. The van der Waals surface area contributed by atoms with Crippen molar-refractivity contribution >= 4 is 0 Å². The maximum Gasteiger partial charge on any atom is 0.202 e. The molecule has 1 atom stereocenters. The van der Waals surface area contributed by atoms with Crippen LogP contribution in [0.2, 0.25) is 0 Å². The Bertz CT molecular complexity index is 868. The minimum atomic E-state index is -0.357. The fourth-order valence-corrected chi connectivity index (χ4v) is 3.40. The topological polar surface area (TPSA) is 54.6 Å². The first-order chi connectivity index (χ1) is 11.2. The maximum atomic E-state index is 10.7. The van der Waals surface area contributed by atoms with E-state index >= 15 is 0 Å². The number of aromatic hydroxyl groups is 2. The zero-order valence-electron chi connectivity index (χ0n) is 12.7. The van der Waals surface area contributed by atoms with Crippen molar-refractivity contribution in [1.29, 1.82) is 0 Å². The van der Waals surface area contributed by atoms with Crippen LogP contribution in [0.4, 0.5) is 0 Å². The van der Waals surface area contributed by atoms with E-state index < -0.39 is 0 Å². The van der Waals surface area contributed by atoms with Gasteiger partial charge in [-0.2, -0.15) is 0 Å². The van der Waals surface area contributed by atoms with Gasteiger partial charge in [0.15, 0.2) is 0 Å². The SMILES string of the molecule is COC1c2ccccc2-c2c1c(O)n(Cc1ccccc1)c2O. The van der Waals surface area contributed by atoms with E-state index in [2.05, 4.69) is 0 Å². The fourth-order valence-electron chi connectivity index (χ4n) is 3.40. The predicted molar refractivity (Wildman–Crippen MR) is 87.6 cm³/mol. The van der Waals surface area contributed by atoms with Crippen LogP contribution < -0.4 is 0 Å². The van der Waals surface area contributed by atoms with Crippen molar-refractivity contribution in [2.75, 3.05) is 7.11 Å². The van der Waals surface area contributed by atoms with Crippen LogP contribution in [0.5, 0.6) is 11.8 Å². The lowest BCUT2D eigenvalue weighted by molar-refractivity contribution is 0.137. The van der Waals surface area contributed by atoms with Gasteiger partial charge in [-0.05, 0) is 16.7 Å². The molecule has 0 saturated carbocycles. The van der Waals surface area contributed by atoms with Crippen molar-refractivity contribution < 1.29 is 14.9 Å². The average molecular weight is 307 g/mol.